The summed E-state index contributed by atoms with van der Waals surface area (Å²) >= 11 is 1.80. The molecule has 1 unspecified atom stereocenters. The summed E-state index contributed by atoms with van der Waals surface area (Å²) in [6, 6.07) is 4.02. The summed E-state index contributed by atoms with van der Waals surface area (Å²) in [5.41, 5.74) is 0. The molecule has 1 aromatic heterocycles. The van der Waals surface area contributed by atoms with Crippen LogP contribution >= 0.6 is 11.8 Å². The predicted octanol–water partition coefficient (Wildman–Crippen LogP) is 1.86. The maximum atomic E-state index is 8.86. The van der Waals surface area contributed by atoms with Crippen molar-refractivity contribution in [1.82, 2.24) is 5.32 Å². The number of furan rings is 1. The van der Waals surface area contributed by atoms with Crippen molar-refractivity contribution in [3.8, 4) is 0 Å². The summed E-state index contributed by atoms with van der Waals surface area (Å²) < 4.78 is 5.59. The first kappa shape index (κ1) is 12.6. The molecule has 86 valence electrons. The van der Waals surface area contributed by atoms with Crippen LogP contribution in [0, 0.1) is 5.92 Å². The van der Waals surface area contributed by atoms with Gasteiger partial charge in [0.05, 0.1) is 12.3 Å². The molecule has 1 heterocycles. The Morgan fingerprint density at radius 1 is 1.47 bits per heavy atom. The molecule has 0 saturated carbocycles. The van der Waals surface area contributed by atoms with Crippen molar-refractivity contribution in [2.45, 2.75) is 19.2 Å². The predicted molar refractivity (Wildman–Crippen MR) is 63.9 cm³/mol. The summed E-state index contributed by atoms with van der Waals surface area (Å²) in [7, 11) is 1.90. The minimum Gasteiger partial charge on any atom is -0.464 e. The zero-order valence-corrected chi connectivity index (χ0v) is 10.1. The van der Waals surface area contributed by atoms with Gasteiger partial charge in [-0.15, -0.1) is 0 Å². The van der Waals surface area contributed by atoms with Gasteiger partial charge in [0.25, 0.3) is 0 Å². The van der Waals surface area contributed by atoms with E-state index in [1.54, 1.807) is 11.8 Å². The average Bonchev–Trinajstić information content (AvgIpc) is 2.66. The molecular weight excluding hydrogens is 210 g/mol. The van der Waals surface area contributed by atoms with Crippen molar-refractivity contribution >= 4 is 11.8 Å². The largest absolute Gasteiger partial charge is 0.464 e. The van der Waals surface area contributed by atoms with Gasteiger partial charge in [0.1, 0.15) is 11.5 Å². The van der Waals surface area contributed by atoms with Crippen LogP contribution in [0.2, 0.25) is 0 Å². The number of aliphatic hydroxyl groups is 1. The normalized spacial score (nSPS) is 13.0. The van der Waals surface area contributed by atoms with Crippen LogP contribution < -0.4 is 5.32 Å². The van der Waals surface area contributed by atoms with Crippen LogP contribution in [0.5, 0.6) is 0 Å². The van der Waals surface area contributed by atoms with Crippen LogP contribution in [0.4, 0.5) is 0 Å². The molecule has 0 bridgehead atoms. The number of aliphatic hydroxyl groups excluding tert-OH is 1. The molecule has 1 rings (SSSR count). The molecule has 2 N–H and O–H groups in total. The Morgan fingerprint density at radius 2 is 2.20 bits per heavy atom. The highest BCUT2D eigenvalue weighted by atomic mass is 32.2. The Balaban J connectivity index is 2.25. The summed E-state index contributed by atoms with van der Waals surface area (Å²) in [5.74, 6) is 4.20. The fraction of sp³-hybridized carbons (Fsp3) is 0.636. The van der Waals surface area contributed by atoms with Crippen LogP contribution in [-0.2, 0) is 12.3 Å². The Morgan fingerprint density at radius 3 is 2.87 bits per heavy atom. The molecule has 1 aromatic rings. The molecule has 0 aliphatic heterocycles. The molecule has 0 saturated heterocycles. The lowest BCUT2D eigenvalue weighted by atomic mass is 10.2. The van der Waals surface area contributed by atoms with Gasteiger partial charge in [0.2, 0.25) is 0 Å². The third kappa shape index (κ3) is 4.73. The number of thioether (sulfide) groups is 1. The lowest BCUT2D eigenvalue weighted by Crippen LogP contribution is -2.03. The highest BCUT2D eigenvalue weighted by molar-refractivity contribution is 7.98. The first-order valence-corrected chi connectivity index (χ1v) is 6.32. The van der Waals surface area contributed by atoms with Crippen molar-refractivity contribution in [3.05, 3.63) is 23.7 Å². The monoisotopic (exact) mass is 229 g/mol. The summed E-state index contributed by atoms with van der Waals surface area (Å²) in [6.45, 7) is 3.08. The smallest absolute Gasteiger partial charge is 0.117 e. The van der Waals surface area contributed by atoms with Crippen molar-refractivity contribution in [3.63, 3.8) is 0 Å². The zero-order valence-electron chi connectivity index (χ0n) is 9.32. The second-order valence-corrected chi connectivity index (χ2v) is 4.73. The van der Waals surface area contributed by atoms with E-state index < -0.39 is 0 Å². The van der Waals surface area contributed by atoms with E-state index >= 15 is 0 Å². The molecule has 1 atom stereocenters. The van der Waals surface area contributed by atoms with Gasteiger partial charge in [0, 0.05) is 6.61 Å². The number of rotatable bonds is 7. The van der Waals surface area contributed by atoms with Crippen molar-refractivity contribution in [1.29, 1.82) is 0 Å². The van der Waals surface area contributed by atoms with Crippen LogP contribution in [0.25, 0.3) is 0 Å². The van der Waals surface area contributed by atoms with Gasteiger partial charge in [-0.1, -0.05) is 6.92 Å². The summed E-state index contributed by atoms with van der Waals surface area (Å²) in [6.07, 6.45) is 0. The van der Waals surface area contributed by atoms with Gasteiger partial charge in [-0.05, 0) is 30.9 Å². The van der Waals surface area contributed by atoms with Gasteiger partial charge in [-0.2, -0.15) is 11.8 Å². The van der Waals surface area contributed by atoms with Crippen LogP contribution in [0.15, 0.2) is 16.5 Å². The van der Waals surface area contributed by atoms with Crippen LogP contribution in [-0.4, -0.2) is 24.5 Å². The number of hydrogen-bond acceptors (Lipinski definition) is 4. The van der Waals surface area contributed by atoms with Crippen LogP contribution in [0.1, 0.15) is 18.4 Å². The lowest BCUT2D eigenvalue weighted by molar-refractivity contribution is 0.250. The standard InChI is InChI=1S/C11H19NO2S/c1-9(6-13)7-15-8-11-4-3-10(14-11)5-12-2/h3-4,9,12-13H,5-8H2,1-2H3. The second-order valence-electron chi connectivity index (χ2n) is 3.70. The minimum atomic E-state index is 0.260. The van der Waals surface area contributed by atoms with E-state index in [-0.39, 0.29) is 6.61 Å². The van der Waals surface area contributed by atoms with E-state index in [1.807, 2.05) is 26.1 Å². The molecule has 0 fully saturated rings. The first-order valence-electron chi connectivity index (χ1n) is 5.17. The molecule has 4 heteroatoms. The zero-order chi connectivity index (χ0) is 11.1. The van der Waals surface area contributed by atoms with Gasteiger partial charge in [0.15, 0.2) is 0 Å². The van der Waals surface area contributed by atoms with Gasteiger partial charge in [-0.25, -0.2) is 0 Å². The maximum absolute atomic E-state index is 8.86. The highest BCUT2D eigenvalue weighted by Crippen LogP contribution is 2.17. The fourth-order valence-corrected chi connectivity index (χ4v) is 2.16. The number of nitrogens with one attached hydrogen (secondary N) is 1. The van der Waals surface area contributed by atoms with Gasteiger partial charge >= 0.3 is 0 Å². The van der Waals surface area contributed by atoms with Gasteiger partial charge < -0.3 is 14.8 Å². The van der Waals surface area contributed by atoms with E-state index in [4.69, 9.17) is 9.52 Å². The molecule has 0 aromatic carbocycles. The quantitative estimate of drug-likeness (QED) is 0.749. The highest BCUT2D eigenvalue weighted by Gasteiger charge is 2.03. The van der Waals surface area contributed by atoms with Crippen LogP contribution in [0.3, 0.4) is 0 Å². The van der Waals surface area contributed by atoms with E-state index in [2.05, 4.69) is 5.32 Å². The van der Waals surface area contributed by atoms with Crippen molar-refractivity contribution in [2.75, 3.05) is 19.4 Å². The summed E-state index contributed by atoms with van der Waals surface area (Å²) in [4.78, 5) is 0. The molecule has 15 heavy (non-hydrogen) atoms. The van der Waals surface area contributed by atoms with E-state index in [1.165, 1.54) is 0 Å². The van der Waals surface area contributed by atoms with Crippen molar-refractivity contribution in [2.24, 2.45) is 5.92 Å². The molecule has 0 aliphatic carbocycles. The van der Waals surface area contributed by atoms with E-state index in [9.17, 15) is 0 Å². The Bertz CT molecular complexity index is 275. The van der Waals surface area contributed by atoms with E-state index in [0.717, 1.165) is 29.6 Å². The topological polar surface area (TPSA) is 45.4 Å². The minimum absolute atomic E-state index is 0.260. The molecule has 0 amide bonds. The summed E-state index contributed by atoms with van der Waals surface area (Å²) in [5, 5.41) is 11.9. The fourth-order valence-electron chi connectivity index (χ4n) is 1.18. The molecule has 3 nitrogen and oxygen atoms in total. The first-order chi connectivity index (χ1) is 7.26. The molecule has 0 spiro atoms. The second kappa shape index (κ2) is 6.93. The Kier molecular flexibility index (Phi) is 5.83. The molecular formula is C11H19NO2S. The maximum Gasteiger partial charge on any atom is 0.117 e. The number of hydrogen-bond donors (Lipinski definition) is 2. The average molecular weight is 229 g/mol. The van der Waals surface area contributed by atoms with Gasteiger partial charge in [-0.3, -0.25) is 0 Å². The molecule has 0 radical (unpaired) electrons. The Labute approximate surface area is 95.2 Å². The Hall–Kier alpha value is -0.450. The lowest BCUT2D eigenvalue weighted by Gasteiger charge is -2.05. The third-order valence-corrected chi connectivity index (χ3v) is 3.32. The SMILES string of the molecule is CNCc1ccc(CSCC(C)CO)o1. The molecule has 0 aliphatic rings. The van der Waals surface area contributed by atoms with Crippen molar-refractivity contribution < 1.29 is 9.52 Å². The van der Waals surface area contributed by atoms with E-state index in [0.29, 0.717) is 5.92 Å². The third-order valence-electron chi connectivity index (χ3n) is 2.03.